The molecule has 0 unspecified atom stereocenters. The van der Waals surface area contributed by atoms with Gasteiger partial charge in [-0.1, -0.05) is 31.4 Å². The van der Waals surface area contributed by atoms with Crippen molar-refractivity contribution in [1.82, 2.24) is 0 Å². The third-order valence-electron chi connectivity index (χ3n) is 1.61. The maximum absolute atomic E-state index is 11.6. The summed E-state index contributed by atoms with van der Waals surface area (Å²) in [4.78, 5) is 11.6. The number of methoxy groups -OCH3 is 1. The van der Waals surface area contributed by atoms with E-state index in [9.17, 15) is 4.79 Å². The summed E-state index contributed by atoms with van der Waals surface area (Å²) in [5.41, 5.74) is 2.97. The Morgan fingerprint density at radius 1 is 1.43 bits per heavy atom. The van der Waals surface area contributed by atoms with Crippen molar-refractivity contribution >= 4 is 13.9 Å². The third-order valence-corrected chi connectivity index (χ3v) is 2.82. The van der Waals surface area contributed by atoms with Crippen LogP contribution < -0.4 is 0 Å². The monoisotopic (exact) mass is 212 g/mol. The molecule has 2 nitrogen and oxygen atoms in total. The average Bonchev–Trinajstić information content (AvgIpc) is 2.01. The van der Waals surface area contributed by atoms with Crippen molar-refractivity contribution in [3.05, 3.63) is 23.9 Å². The predicted molar refractivity (Wildman–Crippen MR) is 63.1 cm³/mol. The number of carbonyl (C=O) groups excluding carboxylic acids is 1. The van der Waals surface area contributed by atoms with E-state index in [0.717, 1.165) is 5.57 Å². The van der Waals surface area contributed by atoms with Gasteiger partial charge in [0.15, 0.2) is 5.78 Å². The number of Topliss-reactive ketones (excluding diaryl/α,β-unsaturated/α-hetero) is 1. The number of allylic oxidation sites excluding steroid dienone is 1. The Labute approximate surface area is 87.7 Å². The lowest BCUT2D eigenvalue weighted by Crippen LogP contribution is -2.20. The zero-order valence-electron chi connectivity index (χ0n) is 9.59. The van der Waals surface area contributed by atoms with Gasteiger partial charge in [0.25, 0.3) is 0 Å². The van der Waals surface area contributed by atoms with Crippen molar-refractivity contribution in [2.24, 2.45) is 0 Å². The summed E-state index contributed by atoms with van der Waals surface area (Å²) in [5, 5.41) is 0. The summed E-state index contributed by atoms with van der Waals surface area (Å²) in [6, 6.07) is 0. The van der Waals surface area contributed by atoms with E-state index in [2.05, 4.69) is 31.9 Å². The minimum Gasteiger partial charge on any atom is -0.377 e. The minimum atomic E-state index is -1.34. The number of ether oxygens (including phenoxy) is 1. The van der Waals surface area contributed by atoms with Gasteiger partial charge in [-0.05, 0) is 12.0 Å². The fourth-order valence-corrected chi connectivity index (χ4v) is 2.48. The van der Waals surface area contributed by atoms with Crippen LogP contribution in [0.25, 0.3) is 0 Å². The molecule has 0 saturated carbocycles. The van der Waals surface area contributed by atoms with E-state index >= 15 is 0 Å². The van der Waals surface area contributed by atoms with E-state index in [-0.39, 0.29) is 12.4 Å². The van der Waals surface area contributed by atoms with Crippen LogP contribution in [0.15, 0.2) is 23.9 Å². The van der Waals surface area contributed by atoms with Gasteiger partial charge in [0.2, 0.25) is 0 Å². The van der Waals surface area contributed by atoms with Crippen LogP contribution in [0.2, 0.25) is 19.6 Å². The van der Waals surface area contributed by atoms with E-state index in [1.165, 1.54) is 7.11 Å². The molecule has 0 saturated heterocycles. The fraction of sp³-hybridized carbons (Fsp3) is 0.545. The SMILES string of the molecule is C=CC/C(=C\[Si](C)(C)C)C(=O)COC. The maximum Gasteiger partial charge on any atom is 0.184 e. The topological polar surface area (TPSA) is 26.3 Å². The van der Waals surface area contributed by atoms with Crippen LogP contribution in [0.1, 0.15) is 6.42 Å². The molecule has 0 aliphatic rings. The highest BCUT2D eigenvalue weighted by Crippen LogP contribution is 2.11. The lowest BCUT2D eigenvalue weighted by atomic mass is 10.1. The average molecular weight is 212 g/mol. The summed E-state index contributed by atoms with van der Waals surface area (Å²) in [5.74, 6) is 0.0785. The fourth-order valence-electron chi connectivity index (χ4n) is 1.16. The van der Waals surface area contributed by atoms with Gasteiger partial charge in [-0.25, -0.2) is 0 Å². The molecule has 80 valence electrons. The molecule has 0 heterocycles. The normalized spacial score (nSPS) is 12.7. The first-order valence-electron chi connectivity index (χ1n) is 4.75. The second-order valence-corrected chi connectivity index (χ2v) is 9.41. The molecule has 0 radical (unpaired) electrons. The molecule has 0 rings (SSSR count). The van der Waals surface area contributed by atoms with E-state index in [0.29, 0.717) is 6.42 Å². The van der Waals surface area contributed by atoms with Gasteiger partial charge in [-0.15, -0.1) is 6.58 Å². The molecule has 0 aromatic rings. The smallest absolute Gasteiger partial charge is 0.184 e. The molecule has 0 atom stereocenters. The number of carbonyl (C=O) groups is 1. The number of ketones is 1. The summed E-state index contributed by atoms with van der Waals surface area (Å²) in [6.45, 7) is 10.4. The van der Waals surface area contributed by atoms with Crippen LogP contribution in [0, 0.1) is 0 Å². The van der Waals surface area contributed by atoms with Gasteiger partial charge in [0.05, 0.1) is 8.07 Å². The van der Waals surface area contributed by atoms with Crippen molar-refractivity contribution < 1.29 is 9.53 Å². The highest BCUT2D eigenvalue weighted by molar-refractivity contribution is 6.81. The molecule has 0 aromatic heterocycles. The van der Waals surface area contributed by atoms with Crippen LogP contribution in [0.3, 0.4) is 0 Å². The molecule has 0 bridgehead atoms. The molecule has 0 aliphatic heterocycles. The second-order valence-electron chi connectivity index (χ2n) is 4.38. The summed E-state index contributed by atoms with van der Waals surface area (Å²) in [7, 11) is 0.204. The number of hydrogen-bond acceptors (Lipinski definition) is 2. The lowest BCUT2D eigenvalue weighted by molar-refractivity contribution is -0.119. The number of hydrogen-bond donors (Lipinski definition) is 0. The first-order chi connectivity index (χ1) is 6.40. The molecule has 0 amide bonds. The van der Waals surface area contributed by atoms with Crippen LogP contribution in [0.5, 0.6) is 0 Å². The Morgan fingerprint density at radius 3 is 2.36 bits per heavy atom. The molecular formula is C11H20O2Si. The Kier molecular flexibility index (Phi) is 5.65. The third kappa shape index (κ3) is 5.88. The van der Waals surface area contributed by atoms with Crippen molar-refractivity contribution in [2.45, 2.75) is 26.1 Å². The van der Waals surface area contributed by atoms with Crippen LogP contribution in [-0.2, 0) is 9.53 Å². The van der Waals surface area contributed by atoms with Gasteiger partial charge < -0.3 is 4.74 Å². The lowest BCUT2D eigenvalue weighted by Gasteiger charge is -2.12. The van der Waals surface area contributed by atoms with E-state index in [4.69, 9.17) is 4.74 Å². The highest BCUT2D eigenvalue weighted by Gasteiger charge is 2.14. The molecule has 0 aliphatic carbocycles. The first kappa shape index (κ1) is 13.3. The first-order valence-corrected chi connectivity index (χ1v) is 8.33. The molecule has 3 heteroatoms. The summed E-state index contributed by atoms with van der Waals surface area (Å²) in [6.07, 6.45) is 2.41. The van der Waals surface area contributed by atoms with E-state index in [1.807, 2.05) is 0 Å². The van der Waals surface area contributed by atoms with Crippen molar-refractivity contribution in [1.29, 1.82) is 0 Å². The van der Waals surface area contributed by atoms with E-state index in [1.54, 1.807) is 6.08 Å². The standard InChI is InChI=1S/C11H20O2Si/c1-6-7-10(9-14(3,4)5)11(12)8-13-2/h6,9H,1,7-8H2,2-5H3/b10-9+. The molecule has 0 spiro atoms. The molecule has 0 N–H and O–H groups in total. The van der Waals surface area contributed by atoms with Gasteiger partial charge in [0.1, 0.15) is 6.61 Å². The van der Waals surface area contributed by atoms with E-state index < -0.39 is 8.07 Å². The van der Waals surface area contributed by atoms with Crippen LogP contribution in [-0.4, -0.2) is 27.6 Å². The zero-order chi connectivity index (χ0) is 11.2. The van der Waals surface area contributed by atoms with Crippen LogP contribution in [0.4, 0.5) is 0 Å². The second kappa shape index (κ2) is 5.93. The van der Waals surface area contributed by atoms with Crippen molar-refractivity contribution in [3.8, 4) is 0 Å². The van der Waals surface area contributed by atoms with Gasteiger partial charge in [-0.2, -0.15) is 0 Å². The molecule has 14 heavy (non-hydrogen) atoms. The largest absolute Gasteiger partial charge is 0.377 e. The minimum absolute atomic E-state index is 0.0785. The Morgan fingerprint density at radius 2 is 2.00 bits per heavy atom. The summed E-state index contributed by atoms with van der Waals surface area (Å²) >= 11 is 0. The highest BCUT2D eigenvalue weighted by atomic mass is 28.3. The predicted octanol–water partition coefficient (Wildman–Crippen LogP) is 2.58. The van der Waals surface area contributed by atoms with Gasteiger partial charge >= 0.3 is 0 Å². The molecule has 0 aromatic carbocycles. The van der Waals surface area contributed by atoms with Gasteiger partial charge in [0, 0.05) is 7.11 Å². The van der Waals surface area contributed by atoms with Crippen LogP contribution >= 0.6 is 0 Å². The summed E-state index contributed by atoms with van der Waals surface area (Å²) < 4.78 is 4.84. The number of rotatable bonds is 6. The quantitative estimate of drug-likeness (QED) is 0.384. The Bertz CT molecular complexity index is 236. The Balaban J connectivity index is 4.66. The molecular weight excluding hydrogens is 192 g/mol. The zero-order valence-corrected chi connectivity index (χ0v) is 10.6. The van der Waals surface area contributed by atoms with Gasteiger partial charge in [-0.3, -0.25) is 4.79 Å². The van der Waals surface area contributed by atoms with Crippen molar-refractivity contribution in [3.63, 3.8) is 0 Å². The maximum atomic E-state index is 11.6. The molecule has 0 fully saturated rings. The Hall–Kier alpha value is -0.673. The van der Waals surface area contributed by atoms with Crippen molar-refractivity contribution in [2.75, 3.05) is 13.7 Å².